The number of rotatable bonds is 6. The van der Waals surface area contributed by atoms with Gasteiger partial charge in [-0.05, 0) is 44.2 Å². The Morgan fingerprint density at radius 2 is 1.76 bits per heavy atom. The first-order chi connectivity index (χ1) is 17.2. The van der Waals surface area contributed by atoms with E-state index in [1.165, 1.54) is 5.38 Å². The van der Waals surface area contributed by atoms with E-state index in [0.29, 0.717) is 23.5 Å². The van der Waals surface area contributed by atoms with E-state index in [9.17, 15) is 41.1 Å². The number of fused-ring (bicyclic) bond motifs is 1. The van der Waals surface area contributed by atoms with Gasteiger partial charge in [-0.3, -0.25) is 4.79 Å². The number of H-pyrrole nitrogens is 1. The predicted molar refractivity (Wildman–Crippen MR) is 128 cm³/mol. The number of halogens is 3. The van der Waals surface area contributed by atoms with E-state index < -0.39 is 75.7 Å². The molecule has 37 heavy (non-hydrogen) atoms. The molecule has 14 heteroatoms. The van der Waals surface area contributed by atoms with Crippen LogP contribution in [-0.2, 0) is 14.6 Å². The minimum atomic E-state index is -4.66. The summed E-state index contributed by atoms with van der Waals surface area (Å²) in [5, 5.41) is 10.2. The number of carboxylic acids is 1. The summed E-state index contributed by atoms with van der Waals surface area (Å²) >= 11 is 0.666. The van der Waals surface area contributed by atoms with Crippen LogP contribution in [0.4, 0.5) is 13.2 Å². The summed E-state index contributed by atoms with van der Waals surface area (Å²) in [6.07, 6.45) is 0. The quantitative estimate of drug-likeness (QED) is 0.348. The second-order valence-electron chi connectivity index (χ2n) is 8.29. The Hall–Kier alpha value is -3.91. The molecule has 0 saturated heterocycles. The molecule has 0 aliphatic rings. The molecular weight excluding hydrogens is 537 g/mol. The lowest BCUT2D eigenvalue weighted by Gasteiger charge is -2.28. The second kappa shape index (κ2) is 8.88. The molecule has 2 aromatic carbocycles. The summed E-state index contributed by atoms with van der Waals surface area (Å²) in [4.78, 5) is 38.5. The number of thiophene rings is 1. The normalized spacial score (nSPS) is 12.2. The molecule has 2 heterocycles. The number of carboxylic acid groups (broad SMARTS) is 1. The fourth-order valence-electron chi connectivity index (χ4n) is 3.94. The largest absolute Gasteiger partial charge is 0.496 e. The Kier molecular flexibility index (Phi) is 6.28. The number of ether oxygens (including phenoxy) is 1. The van der Waals surface area contributed by atoms with Gasteiger partial charge in [-0.1, -0.05) is 0 Å². The highest BCUT2D eigenvalue weighted by molar-refractivity contribution is 7.92. The number of hydrogen-bond acceptors (Lipinski definition) is 7. The second-order valence-corrected chi connectivity index (χ2v) is 11.7. The van der Waals surface area contributed by atoms with E-state index >= 15 is 0 Å². The molecule has 4 rings (SSSR count). The first-order valence-corrected chi connectivity index (χ1v) is 12.7. The fourth-order valence-corrected chi connectivity index (χ4v) is 6.33. The fraction of sp³-hybridized carbons (Fsp3) is 0.174. The van der Waals surface area contributed by atoms with Crippen molar-refractivity contribution in [3.05, 3.63) is 84.4 Å². The molecule has 0 amide bonds. The van der Waals surface area contributed by atoms with Crippen LogP contribution in [0.2, 0.25) is 0 Å². The zero-order valence-electron chi connectivity index (χ0n) is 19.3. The SMILES string of the molecule is COc1ccc(F)c(F)c1C(C)(C)S(=O)(=O)c1ccc(F)c(-n2c(=O)[nH]c3csc(C(=O)O)c3c2=O)c1. The minimum Gasteiger partial charge on any atom is -0.496 e. The number of hydrogen-bond donors (Lipinski definition) is 2. The van der Waals surface area contributed by atoms with Crippen LogP contribution in [0.25, 0.3) is 16.6 Å². The molecule has 2 aromatic heterocycles. The summed E-state index contributed by atoms with van der Waals surface area (Å²) in [6, 6.07) is 4.02. The van der Waals surface area contributed by atoms with Gasteiger partial charge in [0.15, 0.2) is 21.5 Å². The lowest BCUT2D eigenvalue weighted by molar-refractivity contribution is 0.0704. The zero-order valence-corrected chi connectivity index (χ0v) is 20.9. The third-order valence-corrected chi connectivity index (χ3v) is 9.26. The molecule has 2 N–H and O–H groups in total. The van der Waals surface area contributed by atoms with Crippen molar-refractivity contribution in [1.29, 1.82) is 0 Å². The standard InChI is InChI=1S/C23H17F3N2O7S2/c1-23(2,17-15(35-3)7-6-12(25)18(17)26)37(33,34)10-4-5-11(24)14(8-10)28-20(29)16-13(27-22(28)32)9-36-19(16)21(30)31/h4-9H,1-3H3,(H,27,32)(H,30,31). The molecule has 0 spiro atoms. The van der Waals surface area contributed by atoms with Gasteiger partial charge in [0.1, 0.15) is 21.2 Å². The summed E-state index contributed by atoms with van der Waals surface area (Å²) < 4.78 is 74.2. The molecular formula is C23H17F3N2O7S2. The van der Waals surface area contributed by atoms with Gasteiger partial charge in [-0.25, -0.2) is 35.7 Å². The van der Waals surface area contributed by atoms with Crippen LogP contribution in [0.5, 0.6) is 5.75 Å². The smallest absolute Gasteiger partial charge is 0.346 e. The number of benzene rings is 2. The predicted octanol–water partition coefficient (Wildman–Crippen LogP) is 3.57. The van der Waals surface area contributed by atoms with Crippen molar-refractivity contribution in [2.45, 2.75) is 23.5 Å². The van der Waals surface area contributed by atoms with E-state index in [4.69, 9.17) is 4.74 Å². The summed E-state index contributed by atoms with van der Waals surface area (Å²) in [5.74, 6) is -5.68. The Morgan fingerprint density at radius 3 is 2.38 bits per heavy atom. The van der Waals surface area contributed by atoms with Crippen LogP contribution in [-0.4, -0.2) is 36.2 Å². The first kappa shape index (κ1) is 26.2. The number of aromatic nitrogens is 2. The molecule has 0 aliphatic carbocycles. The molecule has 0 aliphatic heterocycles. The van der Waals surface area contributed by atoms with Crippen LogP contribution in [0.1, 0.15) is 29.1 Å². The van der Waals surface area contributed by atoms with Crippen molar-refractivity contribution in [2.24, 2.45) is 0 Å². The molecule has 0 fully saturated rings. The van der Waals surface area contributed by atoms with Crippen molar-refractivity contribution < 1.29 is 36.2 Å². The highest BCUT2D eigenvalue weighted by Crippen LogP contribution is 2.42. The van der Waals surface area contributed by atoms with Crippen LogP contribution in [0.3, 0.4) is 0 Å². The molecule has 0 atom stereocenters. The number of methoxy groups -OCH3 is 1. The third kappa shape index (κ3) is 3.92. The topological polar surface area (TPSA) is 136 Å². The van der Waals surface area contributed by atoms with Gasteiger partial charge in [0, 0.05) is 5.38 Å². The minimum absolute atomic E-state index is 0.0901. The van der Waals surface area contributed by atoms with Gasteiger partial charge < -0.3 is 14.8 Å². The van der Waals surface area contributed by atoms with Crippen LogP contribution < -0.4 is 16.0 Å². The number of nitrogens with one attached hydrogen (secondary N) is 1. The van der Waals surface area contributed by atoms with E-state index in [1.807, 2.05) is 0 Å². The number of aromatic carboxylic acids is 1. The van der Waals surface area contributed by atoms with Crippen LogP contribution >= 0.6 is 11.3 Å². The number of carbonyl (C=O) groups is 1. The average molecular weight is 555 g/mol. The van der Waals surface area contributed by atoms with Crippen molar-refractivity contribution in [3.8, 4) is 11.4 Å². The maximum atomic E-state index is 14.9. The van der Waals surface area contributed by atoms with Crippen molar-refractivity contribution in [1.82, 2.24) is 9.55 Å². The molecule has 0 saturated carbocycles. The molecule has 0 radical (unpaired) electrons. The van der Waals surface area contributed by atoms with Gasteiger partial charge in [0.25, 0.3) is 5.56 Å². The monoisotopic (exact) mass is 554 g/mol. The molecule has 0 unspecified atom stereocenters. The Bertz CT molecular complexity index is 1820. The lowest BCUT2D eigenvalue weighted by atomic mass is 10.00. The number of aromatic amines is 1. The zero-order chi connectivity index (χ0) is 27.4. The average Bonchev–Trinajstić information content (AvgIpc) is 3.25. The Morgan fingerprint density at radius 1 is 1.11 bits per heavy atom. The maximum Gasteiger partial charge on any atom is 0.346 e. The molecule has 9 nitrogen and oxygen atoms in total. The summed E-state index contributed by atoms with van der Waals surface area (Å²) in [7, 11) is -3.52. The van der Waals surface area contributed by atoms with Crippen LogP contribution in [0, 0.1) is 17.5 Å². The summed E-state index contributed by atoms with van der Waals surface area (Å²) in [5.41, 5.74) is -3.85. The van der Waals surface area contributed by atoms with Crippen molar-refractivity contribution in [2.75, 3.05) is 7.11 Å². The van der Waals surface area contributed by atoms with Gasteiger partial charge in [-0.2, -0.15) is 0 Å². The Balaban J connectivity index is 1.99. The maximum absolute atomic E-state index is 14.9. The van der Waals surface area contributed by atoms with E-state index in [2.05, 4.69) is 4.98 Å². The highest BCUT2D eigenvalue weighted by Gasteiger charge is 2.43. The molecule has 0 bridgehead atoms. The molecule has 194 valence electrons. The van der Waals surface area contributed by atoms with Gasteiger partial charge >= 0.3 is 11.7 Å². The van der Waals surface area contributed by atoms with E-state index in [-0.39, 0.29) is 15.8 Å². The first-order valence-electron chi connectivity index (χ1n) is 10.3. The highest BCUT2D eigenvalue weighted by atomic mass is 32.2. The van der Waals surface area contributed by atoms with Crippen molar-refractivity contribution >= 4 is 38.0 Å². The van der Waals surface area contributed by atoms with E-state index in [1.54, 1.807) is 0 Å². The van der Waals surface area contributed by atoms with Crippen molar-refractivity contribution in [3.63, 3.8) is 0 Å². The lowest BCUT2D eigenvalue weighted by Crippen LogP contribution is -2.35. The number of sulfone groups is 1. The Labute approximate surface area is 210 Å². The van der Waals surface area contributed by atoms with Gasteiger partial charge in [0.05, 0.1) is 34.2 Å². The van der Waals surface area contributed by atoms with Gasteiger partial charge in [-0.15, -0.1) is 11.3 Å². The van der Waals surface area contributed by atoms with E-state index in [0.717, 1.165) is 39.2 Å². The molecule has 4 aromatic rings. The van der Waals surface area contributed by atoms with Gasteiger partial charge in [0.2, 0.25) is 0 Å². The van der Waals surface area contributed by atoms with Crippen LogP contribution in [0.15, 0.2) is 50.2 Å². The number of nitrogens with zero attached hydrogens (tertiary/aromatic N) is 1. The summed E-state index contributed by atoms with van der Waals surface area (Å²) in [6.45, 7) is 2.17. The third-order valence-electron chi connectivity index (χ3n) is 5.87.